The molecule has 0 saturated carbocycles. The van der Waals surface area contributed by atoms with Gasteiger partial charge < -0.3 is 20.9 Å². The second-order valence-corrected chi connectivity index (χ2v) is 5.66. The Labute approximate surface area is 124 Å². The molecule has 1 atom stereocenters. The van der Waals surface area contributed by atoms with Gasteiger partial charge in [0.05, 0.1) is 0 Å². The van der Waals surface area contributed by atoms with E-state index in [0.717, 1.165) is 19.3 Å². The third-order valence-corrected chi connectivity index (χ3v) is 3.97. The molecule has 0 aliphatic carbocycles. The van der Waals surface area contributed by atoms with Crippen LogP contribution in [0.5, 0.6) is 0 Å². The third-order valence-electron chi connectivity index (χ3n) is 3.97. The number of rotatable bonds is 4. The van der Waals surface area contributed by atoms with Crippen molar-refractivity contribution >= 4 is 17.8 Å². The number of nitrogens with one attached hydrogen (secondary N) is 3. The van der Waals surface area contributed by atoms with Crippen LogP contribution >= 0.6 is 0 Å². The van der Waals surface area contributed by atoms with E-state index >= 15 is 0 Å². The average Bonchev–Trinajstić information content (AvgIpc) is 2.92. The molecule has 21 heavy (non-hydrogen) atoms. The van der Waals surface area contributed by atoms with E-state index in [0.29, 0.717) is 32.5 Å². The zero-order chi connectivity index (χ0) is 15.2. The van der Waals surface area contributed by atoms with Crippen molar-refractivity contribution in [3.63, 3.8) is 0 Å². The van der Waals surface area contributed by atoms with Crippen molar-refractivity contribution in [1.82, 2.24) is 20.9 Å². The highest BCUT2D eigenvalue weighted by Gasteiger charge is 2.32. The van der Waals surface area contributed by atoms with E-state index in [1.165, 1.54) is 0 Å². The first-order chi connectivity index (χ1) is 10.1. The molecule has 118 valence electrons. The summed E-state index contributed by atoms with van der Waals surface area (Å²) in [6.07, 6.45) is 3.45. The summed E-state index contributed by atoms with van der Waals surface area (Å²) in [7, 11) is 0. The summed E-state index contributed by atoms with van der Waals surface area (Å²) in [5, 5.41) is 8.42. The standard InChI is InChI=1S/C14H24N4O3/c1-2-7-15-14(21)16-10-5-8-18(9-6-10)13(20)11-3-4-12(19)17-11/h10-11H,2-9H2,1H3,(H,17,19)(H2,15,16,21). The van der Waals surface area contributed by atoms with Crippen LogP contribution in [0.4, 0.5) is 4.79 Å². The van der Waals surface area contributed by atoms with Gasteiger partial charge in [0.15, 0.2) is 0 Å². The van der Waals surface area contributed by atoms with Crippen LogP contribution in [0.2, 0.25) is 0 Å². The van der Waals surface area contributed by atoms with Gasteiger partial charge in [-0.2, -0.15) is 0 Å². The van der Waals surface area contributed by atoms with Gasteiger partial charge in [0.25, 0.3) is 0 Å². The first kappa shape index (κ1) is 15.6. The molecule has 7 heteroatoms. The van der Waals surface area contributed by atoms with Crippen LogP contribution in [0.15, 0.2) is 0 Å². The Morgan fingerprint density at radius 3 is 2.57 bits per heavy atom. The minimum absolute atomic E-state index is 0.00901. The lowest BCUT2D eigenvalue weighted by Crippen LogP contribution is -2.52. The molecule has 4 amide bonds. The quantitative estimate of drug-likeness (QED) is 0.680. The Kier molecular flexibility index (Phi) is 5.41. The first-order valence-corrected chi connectivity index (χ1v) is 7.72. The zero-order valence-corrected chi connectivity index (χ0v) is 12.5. The van der Waals surface area contributed by atoms with Crippen LogP contribution in [-0.4, -0.2) is 54.5 Å². The number of piperidine rings is 1. The molecule has 0 aromatic rings. The van der Waals surface area contributed by atoms with Crippen molar-refractivity contribution in [3.05, 3.63) is 0 Å². The summed E-state index contributed by atoms with van der Waals surface area (Å²) in [6, 6.07) is -0.372. The lowest BCUT2D eigenvalue weighted by Gasteiger charge is -2.33. The van der Waals surface area contributed by atoms with Gasteiger partial charge in [0, 0.05) is 32.1 Å². The third kappa shape index (κ3) is 4.34. The number of hydrogen-bond donors (Lipinski definition) is 3. The van der Waals surface area contributed by atoms with Gasteiger partial charge in [0.2, 0.25) is 11.8 Å². The van der Waals surface area contributed by atoms with Crippen LogP contribution in [0, 0.1) is 0 Å². The van der Waals surface area contributed by atoms with E-state index in [9.17, 15) is 14.4 Å². The molecule has 2 fully saturated rings. The molecule has 2 rings (SSSR count). The summed E-state index contributed by atoms with van der Waals surface area (Å²) in [6.45, 7) is 3.94. The molecule has 1 unspecified atom stereocenters. The lowest BCUT2D eigenvalue weighted by molar-refractivity contribution is -0.135. The van der Waals surface area contributed by atoms with Crippen LogP contribution < -0.4 is 16.0 Å². The fourth-order valence-electron chi connectivity index (χ4n) is 2.74. The van der Waals surface area contributed by atoms with Gasteiger partial charge in [-0.25, -0.2) is 4.79 Å². The molecule has 0 radical (unpaired) electrons. The van der Waals surface area contributed by atoms with Crippen molar-refractivity contribution in [1.29, 1.82) is 0 Å². The van der Waals surface area contributed by atoms with Gasteiger partial charge in [-0.15, -0.1) is 0 Å². The maximum absolute atomic E-state index is 12.2. The molecule has 0 aromatic heterocycles. The fraction of sp³-hybridized carbons (Fsp3) is 0.786. The molecular formula is C14H24N4O3. The summed E-state index contributed by atoms with van der Waals surface area (Å²) < 4.78 is 0. The van der Waals surface area contributed by atoms with Crippen LogP contribution in [0.1, 0.15) is 39.0 Å². The summed E-state index contributed by atoms with van der Waals surface area (Å²) in [5.74, 6) is -0.0350. The highest BCUT2D eigenvalue weighted by Crippen LogP contribution is 2.15. The van der Waals surface area contributed by atoms with E-state index in [-0.39, 0.29) is 29.9 Å². The van der Waals surface area contributed by atoms with Crippen LogP contribution in [-0.2, 0) is 9.59 Å². The molecular weight excluding hydrogens is 272 g/mol. The summed E-state index contributed by atoms with van der Waals surface area (Å²) >= 11 is 0. The minimum atomic E-state index is -0.352. The van der Waals surface area contributed by atoms with Gasteiger partial charge in [-0.3, -0.25) is 9.59 Å². The molecule has 7 nitrogen and oxygen atoms in total. The van der Waals surface area contributed by atoms with Crippen molar-refractivity contribution in [2.45, 2.75) is 51.1 Å². The lowest BCUT2D eigenvalue weighted by atomic mass is 10.0. The Balaban J connectivity index is 1.71. The fourth-order valence-corrected chi connectivity index (χ4v) is 2.74. The molecule has 2 aliphatic rings. The van der Waals surface area contributed by atoms with Gasteiger partial charge >= 0.3 is 6.03 Å². The summed E-state index contributed by atoms with van der Waals surface area (Å²) in [4.78, 5) is 36.8. The maximum atomic E-state index is 12.2. The highest BCUT2D eigenvalue weighted by atomic mass is 16.2. The monoisotopic (exact) mass is 296 g/mol. The van der Waals surface area contributed by atoms with Gasteiger partial charge in [0.1, 0.15) is 6.04 Å². The molecule has 0 spiro atoms. The Morgan fingerprint density at radius 1 is 1.29 bits per heavy atom. The summed E-state index contributed by atoms with van der Waals surface area (Å²) in [5.41, 5.74) is 0. The van der Waals surface area contributed by atoms with E-state index in [4.69, 9.17) is 0 Å². The second kappa shape index (κ2) is 7.28. The van der Waals surface area contributed by atoms with E-state index < -0.39 is 0 Å². The number of nitrogens with zero attached hydrogens (tertiary/aromatic N) is 1. The van der Waals surface area contributed by atoms with E-state index in [2.05, 4.69) is 16.0 Å². The molecule has 2 saturated heterocycles. The van der Waals surface area contributed by atoms with Gasteiger partial charge in [-0.05, 0) is 25.7 Å². The first-order valence-electron chi connectivity index (χ1n) is 7.72. The number of likely N-dealkylation sites (tertiary alicyclic amines) is 1. The van der Waals surface area contributed by atoms with Crippen molar-refractivity contribution in [2.24, 2.45) is 0 Å². The normalized spacial score (nSPS) is 22.8. The predicted molar refractivity (Wildman–Crippen MR) is 77.6 cm³/mol. The number of carbonyl (C=O) groups is 3. The SMILES string of the molecule is CCCNC(=O)NC1CCN(C(=O)C2CCC(=O)N2)CC1. The number of amides is 4. The maximum Gasteiger partial charge on any atom is 0.315 e. The minimum Gasteiger partial charge on any atom is -0.344 e. The topological polar surface area (TPSA) is 90.5 Å². The number of urea groups is 1. The van der Waals surface area contributed by atoms with Crippen LogP contribution in [0.3, 0.4) is 0 Å². The molecule has 0 bridgehead atoms. The van der Waals surface area contributed by atoms with Gasteiger partial charge in [-0.1, -0.05) is 6.92 Å². The van der Waals surface area contributed by atoms with E-state index in [1.54, 1.807) is 4.90 Å². The van der Waals surface area contributed by atoms with Crippen molar-refractivity contribution in [2.75, 3.05) is 19.6 Å². The van der Waals surface area contributed by atoms with Crippen LogP contribution in [0.25, 0.3) is 0 Å². The van der Waals surface area contributed by atoms with E-state index in [1.807, 2.05) is 6.92 Å². The van der Waals surface area contributed by atoms with Crippen molar-refractivity contribution < 1.29 is 14.4 Å². The number of hydrogen-bond acceptors (Lipinski definition) is 3. The zero-order valence-electron chi connectivity index (χ0n) is 12.5. The largest absolute Gasteiger partial charge is 0.344 e. The highest BCUT2D eigenvalue weighted by molar-refractivity contribution is 5.90. The Morgan fingerprint density at radius 2 is 2.00 bits per heavy atom. The number of carbonyl (C=O) groups excluding carboxylic acids is 3. The smallest absolute Gasteiger partial charge is 0.315 e. The molecule has 2 aliphatic heterocycles. The molecule has 3 N–H and O–H groups in total. The molecule has 2 heterocycles. The molecule has 0 aromatic carbocycles. The Hall–Kier alpha value is -1.79. The predicted octanol–water partition coefficient (Wildman–Crippen LogP) is -0.0348. The van der Waals surface area contributed by atoms with Crippen molar-refractivity contribution in [3.8, 4) is 0 Å². The Bertz CT molecular complexity index is 405. The second-order valence-electron chi connectivity index (χ2n) is 5.66. The average molecular weight is 296 g/mol.